The molecule has 0 atom stereocenters. The second kappa shape index (κ2) is 7.54. The zero-order valence-corrected chi connectivity index (χ0v) is 13.4. The van der Waals surface area contributed by atoms with Crippen LogP contribution in [0.15, 0.2) is 47.6 Å². The Labute approximate surface area is 135 Å². The van der Waals surface area contributed by atoms with Crippen molar-refractivity contribution in [1.29, 1.82) is 0 Å². The number of amides is 1. The molecule has 0 unspecified atom stereocenters. The Kier molecular flexibility index (Phi) is 5.46. The predicted octanol–water partition coefficient (Wildman–Crippen LogP) is 3.36. The van der Waals surface area contributed by atoms with Crippen LogP contribution in [-0.2, 0) is 4.79 Å². The third-order valence-electron chi connectivity index (χ3n) is 3.31. The van der Waals surface area contributed by atoms with Gasteiger partial charge >= 0.3 is 0 Å². The first-order chi connectivity index (χ1) is 11.0. The number of halogens is 1. The van der Waals surface area contributed by atoms with E-state index in [9.17, 15) is 9.18 Å². The van der Waals surface area contributed by atoms with Gasteiger partial charge in [0.15, 0.2) is 6.61 Å². The minimum absolute atomic E-state index is 0.121. The van der Waals surface area contributed by atoms with E-state index in [4.69, 9.17) is 4.74 Å². The van der Waals surface area contributed by atoms with Crippen molar-refractivity contribution >= 4 is 11.6 Å². The molecule has 0 aromatic heterocycles. The van der Waals surface area contributed by atoms with Crippen molar-refractivity contribution in [2.45, 2.75) is 20.8 Å². The van der Waals surface area contributed by atoms with Gasteiger partial charge in [-0.15, -0.1) is 0 Å². The molecule has 0 heterocycles. The van der Waals surface area contributed by atoms with Crippen LogP contribution in [0.25, 0.3) is 0 Å². The van der Waals surface area contributed by atoms with E-state index in [1.807, 2.05) is 32.0 Å². The van der Waals surface area contributed by atoms with Crippen LogP contribution in [0.2, 0.25) is 0 Å². The maximum Gasteiger partial charge on any atom is 0.277 e. The largest absolute Gasteiger partial charge is 0.483 e. The van der Waals surface area contributed by atoms with E-state index in [1.54, 1.807) is 19.1 Å². The number of benzene rings is 2. The van der Waals surface area contributed by atoms with Gasteiger partial charge in [-0.1, -0.05) is 24.3 Å². The molecular weight excluding hydrogens is 295 g/mol. The second-order valence-corrected chi connectivity index (χ2v) is 5.30. The van der Waals surface area contributed by atoms with Gasteiger partial charge in [0, 0.05) is 0 Å². The highest BCUT2D eigenvalue weighted by molar-refractivity contribution is 5.99. The van der Waals surface area contributed by atoms with Crippen LogP contribution in [0.1, 0.15) is 23.6 Å². The maximum absolute atomic E-state index is 12.9. The zero-order valence-electron chi connectivity index (χ0n) is 13.4. The fourth-order valence-corrected chi connectivity index (χ4v) is 1.94. The van der Waals surface area contributed by atoms with Gasteiger partial charge in [0.25, 0.3) is 5.91 Å². The van der Waals surface area contributed by atoms with Crippen molar-refractivity contribution in [1.82, 2.24) is 5.43 Å². The lowest BCUT2D eigenvalue weighted by molar-refractivity contribution is -0.123. The van der Waals surface area contributed by atoms with Gasteiger partial charge in [0.05, 0.1) is 5.71 Å². The highest BCUT2D eigenvalue weighted by Crippen LogP contribution is 2.18. The number of hydrazone groups is 1. The summed E-state index contributed by atoms with van der Waals surface area (Å²) in [5, 5.41) is 3.99. The van der Waals surface area contributed by atoms with E-state index in [2.05, 4.69) is 10.5 Å². The van der Waals surface area contributed by atoms with Gasteiger partial charge in [-0.3, -0.25) is 4.79 Å². The van der Waals surface area contributed by atoms with Gasteiger partial charge in [-0.05, 0) is 55.7 Å². The number of nitrogens with one attached hydrogen (secondary N) is 1. The van der Waals surface area contributed by atoms with Crippen LogP contribution < -0.4 is 10.2 Å². The van der Waals surface area contributed by atoms with Gasteiger partial charge in [-0.2, -0.15) is 5.10 Å². The molecule has 1 amide bonds. The number of hydrogen-bond acceptors (Lipinski definition) is 3. The molecule has 0 saturated heterocycles. The summed E-state index contributed by atoms with van der Waals surface area (Å²) in [7, 11) is 0. The second-order valence-electron chi connectivity index (χ2n) is 5.30. The number of aryl methyl sites for hydroxylation is 2. The standard InChI is InChI=1S/C18H19FN2O2/c1-12-4-5-13(2)17(10-12)23-11-18(22)21-20-14(3)15-6-8-16(19)9-7-15/h4-10H,11H2,1-3H3,(H,21,22)/b20-14-. The molecule has 1 N–H and O–H groups in total. The summed E-state index contributed by atoms with van der Waals surface area (Å²) in [5.41, 5.74) is 5.79. The molecule has 0 fully saturated rings. The Morgan fingerprint density at radius 3 is 2.57 bits per heavy atom. The quantitative estimate of drug-likeness (QED) is 0.679. The van der Waals surface area contributed by atoms with Crippen molar-refractivity contribution in [3.8, 4) is 5.75 Å². The van der Waals surface area contributed by atoms with E-state index in [1.165, 1.54) is 12.1 Å². The Morgan fingerprint density at radius 1 is 1.17 bits per heavy atom. The van der Waals surface area contributed by atoms with Crippen LogP contribution >= 0.6 is 0 Å². The zero-order chi connectivity index (χ0) is 16.8. The Morgan fingerprint density at radius 2 is 1.87 bits per heavy atom. The monoisotopic (exact) mass is 314 g/mol. The molecule has 0 radical (unpaired) electrons. The summed E-state index contributed by atoms with van der Waals surface area (Å²) in [6.45, 7) is 5.50. The first-order valence-corrected chi connectivity index (χ1v) is 7.25. The lowest BCUT2D eigenvalue weighted by Crippen LogP contribution is -2.25. The van der Waals surface area contributed by atoms with Crippen molar-refractivity contribution in [3.63, 3.8) is 0 Å². The summed E-state index contributed by atoms with van der Waals surface area (Å²) in [6.07, 6.45) is 0. The first kappa shape index (κ1) is 16.7. The predicted molar refractivity (Wildman–Crippen MR) is 88.2 cm³/mol. The van der Waals surface area contributed by atoms with Crippen molar-refractivity contribution in [2.75, 3.05) is 6.61 Å². The normalized spacial score (nSPS) is 11.2. The van der Waals surface area contributed by atoms with Gasteiger partial charge in [0.2, 0.25) is 0 Å². The molecule has 0 aliphatic carbocycles. The molecule has 0 aliphatic rings. The van der Waals surface area contributed by atoms with Crippen LogP contribution in [0.3, 0.4) is 0 Å². The topological polar surface area (TPSA) is 50.7 Å². The van der Waals surface area contributed by atoms with Crippen LogP contribution in [0, 0.1) is 19.7 Å². The first-order valence-electron chi connectivity index (χ1n) is 7.25. The Hall–Kier alpha value is -2.69. The molecule has 120 valence electrons. The fraction of sp³-hybridized carbons (Fsp3) is 0.222. The van der Waals surface area contributed by atoms with E-state index >= 15 is 0 Å². The molecule has 0 spiro atoms. The third-order valence-corrected chi connectivity index (χ3v) is 3.31. The SMILES string of the molecule is C/C(=N/NC(=O)COc1cc(C)ccc1C)c1ccc(F)cc1. The highest BCUT2D eigenvalue weighted by Gasteiger charge is 2.05. The minimum atomic E-state index is -0.354. The van der Waals surface area contributed by atoms with Gasteiger partial charge in [0.1, 0.15) is 11.6 Å². The molecule has 2 rings (SSSR count). The van der Waals surface area contributed by atoms with E-state index in [0.717, 1.165) is 16.7 Å². The van der Waals surface area contributed by atoms with Crippen LogP contribution in [-0.4, -0.2) is 18.2 Å². The van der Waals surface area contributed by atoms with Crippen molar-refractivity contribution in [2.24, 2.45) is 5.10 Å². The number of carbonyl (C=O) groups is 1. The molecule has 2 aromatic carbocycles. The summed E-state index contributed by atoms with van der Waals surface area (Å²) in [5.74, 6) is 0.0132. The summed E-state index contributed by atoms with van der Waals surface area (Å²) >= 11 is 0. The molecule has 2 aromatic rings. The van der Waals surface area contributed by atoms with Gasteiger partial charge in [-0.25, -0.2) is 9.82 Å². The Balaban J connectivity index is 1.90. The van der Waals surface area contributed by atoms with Crippen molar-refractivity contribution < 1.29 is 13.9 Å². The number of rotatable bonds is 5. The molecule has 23 heavy (non-hydrogen) atoms. The fourth-order valence-electron chi connectivity index (χ4n) is 1.94. The van der Waals surface area contributed by atoms with E-state index in [0.29, 0.717) is 11.5 Å². The molecule has 5 heteroatoms. The van der Waals surface area contributed by atoms with Crippen LogP contribution in [0.5, 0.6) is 5.75 Å². The van der Waals surface area contributed by atoms with Gasteiger partial charge < -0.3 is 4.74 Å². The maximum atomic E-state index is 12.9. The average Bonchev–Trinajstić information content (AvgIpc) is 2.54. The number of carbonyl (C=O) groups excluding carboxylic acids is 1. The summed E-state index contributed by atoms with van der Waals surface area (Å²) in [4.78, 5) is 11.8. The van der Waals surface area contributed by atoms with Crippen LogP contribution in [0.4, 0.5) is 4.39 Å². The highest BCUT2D eigenvalue weighted by atomic mass is 19.1. The summed E-state index contributed by atoms with van der Waals surface area (Å²) < 4.78 is 18.4. The smallest absolute Gasteiger partial charge is 0.277 e. The van der Waals surface area contributed by atoms with E-state index in [-0.39, 0.29) is 18.3 Å². The summed E-state index contributed by atoms with van der Waals surface area (Å²) in [6, 6.07) is 11.7. The molecular formula is C18H19FN2O2. The lowest BCUT2D eigenvalue weighted by Gasteiger charge is -2.09. The Bertz CT molecular complexity index is 724. The molecule has 0 saturated carbocycles. The minimum Gasteiger partial charge on any atom is -0.483 e. The molecule has 0 bridgehead atoms. The molecule has 0 aliphatic heterocycles. The average molecular weight is 314 g/mol. The molecule has 4 nitrogen and oxygen atoms in total. The lowest BCUT2D eigenvalue weighted by atomic mass is 10.1. The third kappa shape index (κ3) is 4.92. The number of ether oxygens (including phenoxy) is 1. The number of hydrogen-bond donors (Lipinski definition) is 1. The van der Waals surface area contributed by atoms with Crippen molar-refractivity contribution in [3.05, 3.63) is 65.0 Å². The number of nitrogens with zero attached hydrogens (tertiary/aromatic N) is 1. The van der Waals surface area contributed by atoms with E-state index < -0.39 is 0 Å².